The molecule has 1 fully saturated rings. The van der Waals surface area contributed by atoms with Crippen LogP contribution < -0.4 is 10.6 Å². The first-order valence-electron chi connectivity index (χ1n) is 15.0. The predicted molar refractivity (Wildman–Crippen MR) is 170 cm³/mol. The molecule has 13 heteroatoms. The van der Waals surface area contributed by atoms with E-state index >= 15 is 0 Å². The number of rotatable bonds is 8. The Kier molecular flexibility index (Phi) is 7.80. The van der Waals surface area contributed by atoms with Crippen molar-refractivity contribution in [2.24, 2.45) is 5.41 Å². The lowest BCUT2D eigenvalue weighted by atomic mass is 9.92. The van der Waals surface area contributed by atoms with Crippen molar-refractivity contribution in [3.8, 4) is 23.3 Å². The van der Waals surface area contributed by atoms with E-state index in [0.717, 1.165) is 26.9 Å². The topological polar surface area (TPSA) is 141 Å². The van der Waals surface area contributed by atoms with Crippen LogP contribution in [0.3, 0.4) is 0 Å². The van der Waals surface area contributed by atoms with E-state index in [1.165, 1.54) is 12.4 Å². The summed E-state index contributed by atoms with van der Waals surface area (Å²) in [4.78, 5) is 4.43. The molecule has 238 valence electrons. The van der Waals surface area contributed by atoms with Gasteiger partial charge in [-0.2, -0.15) is 33.9 Å². The second-order valence-corrected chi connectivity index (χ2v) is 13.0. The quantitative estimate of drug-likeness (QED) is 0.183. The third-order valence-corrected chi connectivity index (χ3v) is 8.40. The molecule has 0 saturated heterocycles. The van der Waals surface area contributed by atoms with Crippen molar-refractivity contribution < 1.29 is 13.2 Å². The molecule has 0 bridgehead atoms. The highest BCUT2D eigenvalue weighted by Crippen LogP contribution is 2.55. The number of anilines is 2. The Balaban J connectivity index is 1.51. The van der Waals surface area contributed by atoms with Crippen LogP contribution in [0.2, 0.25) is 0 Å². The van der Waals surface area contributed by atoms with E-state index in [0.29, 0.717) is 34.4 Å². The van der Waals surface area contributed by atoms with Crippen LogP contribution in [0.25, 0.3) is 22.0 Å². The Hall–Kier alpha value is -5.56. The van der Waals surface area contributed by atoms with Crippen molar-refractivity contribution in [3.05, 3.63) is 89.1 Å². The number of nitrogens with one attached hydrogen (secondary N) is 2. The van der Waals surface area contributed by atoms with E-state index in [9.17, 15) is 23.7 Å². The molecule has 0 amide bonds. The van der Waals surface area contributed by atoms with Gasteiger partial charge in [-0.05, 0) is 60.1 Å². The van der Waals surface area contributed by atoms with Gasteiger partial charge in [0.05, 0.1) is 47.0 Å². The van der Waals surface area contributed by atoms with Gasteiger partial charge in [0, 0.05) is 29.4 Å². The average Bonchev–Trinajstić information content (AvgIpc) is 3.73. The maximum atomic E-state index is 14.1. The molecular weight excluding hydrogens is 605 g/mol. The first-order chi connectivity index (χ1) is 22.3. The minimum atomic E-state index is -4.48. The van der Waals surface area contributed by atoms with E-state index in [1.807, 2.05) is 31.2 Å². The first kappa shape index (κ1) is 31.4. The third kappa shape index (κ3) is 5.92. The molecule has 10 nitrogen and oxygen atoms in total. The zero-order chi connectivity index (χ0) is 33.6. The van der Waals surface area contributed by atoms with E-state index in [1.54, 1.807) is 24.5 Å². The molecule has 1 saturated carbocycles. The average molecular weight is 637 g/mol. The lowest BCUT2D eigenvalue weighted by Gasteiger charge is -2.24. The van der Waals surface area contributed by atoms with Crippen molar-refractivity contribution >= 4 is 22.3 Å². The van der Waals surface area contributed by atoms with Crippen molar-refractivity contribution in [3.63, 3.8) is 0 Å². The summed E-state index contributed by atoms with van der Waals surface area (Å²) in [6.07, 6.45) is 1.38. The number of hydrogen-bond acceptors (Lipinski definition) is 9. The molecular formula is C34H31F3N10. The number of nitrogens with zero attached hydrogens (tertiary/aromatic N) is 8. The second-order valence-electron chi connectivity index (χ2n) is 13.0. The number of alkyl halides is 3. The van der Waals surface area contributed by atoms with Crippen LogP contribution in [-0.2, 0) is 5.54 Å². The maximum absolute atomic E-state index is 14.1. The number of aromatic nitrogens is 6. The van der Waals surface area contributed by atoms with Gasteiger partial charge >= 0.3 is 6.18 Å². The van der Waals surface area contributed by atoms with Crippen LogP contribution in [0.15, 0.2) is 61.2 Å². The lowest BCUT2D eigenvalue weighted by molar-refractivity contribution is -0.182. The number of halogens is 3. The maximum Gasteiger partial charge on any atom is 0.413 e. The lowest BCUT2D eigenvalue weighted by Crippen LogP contribution is -2.35. The van der Waals surface area contributed by atoms with Gasteiger partial charge in [0.1, 0.15) is 17.8 Å². The number of hydrogen-bond donors (Lipinski definition) is 2. The van der Waals surface area contributed by atoms with E-state index in [2.05, 4.69) is 69.0 Å². The number of pyridine rings is 1. The van der Waals surface area contributed by atoms with E-state index in [4.69, 9.17) is 0 Å². The van der Waals surface area contributed by atoms with E-state index < -0.39 is 17.8 Å². The monoisotopic (exact) mass is 636 g/mol. The summed E-state index contributed by atoms with van der Waals surface area (Å²) in [5.74, 6) is 0. The molecule has 1 aliphatic rings. The van der Waals surface area contributed by atoms with Crippen LogP contribution in [-0.4, -0.2) is 42.9 Å². The summed E-state index contributed by atoms with van der Waals surface area (Å²) in [6.45, 7) is 8.64. The summed E-state index contributed by atoms with van der Waals surface area (Å²) in [7, 11) is 0. The first-order valence-corrected chi connectivity index (χ1v) is 15.0. The molecule has 0 spiro atoms. The molecule has 2 N–H and O–H groups in total. The van der Waals surface area contributed by atoms with Gasteiger partial charge in [-0.1, -0.05) is 44.2 Å². The summed E-state index contributed by atoms with van der Waals surface area (Å²) in [5, 5.41) is 43.5. The Morgan fingerprint density at radius 2 is 1.79 bits per heavy atom. The molecule has 2 aromatic carbocycles. The zero-order valence-corrected chi connectivity index (χ0v) is 26.2. The van der Waals surface area contributed by atoms with Crippen LogP contribution in [0.5, 0.6) is 0 Å². The number of nitriles is 2. The fourth-order valence-electron chi connectivity index (χ4n) is 5.69. The predicted octanol–water partition coefficient (Wildman–Crippen LogP) is 7.05. The molecule has 0 aliphatic heterocycles. The molecule has 0 unspecified atom stereocenters. The second kappa shape index (κ2) is 11.7. The Bertz CT molecular complexity index is 2050. The molecule has 0 radical (unpaired) electrons. The molecule has 3 heterocycles. The van der Waals surface area contributed by atoms with Gasteiger partial charge in [0.2, 0.25) is 0 Å². The van der Waals surface area contributed by atoms with Gasteiger partial charge in [-0.15, -0.1) is 5.10 Å². The minimum Gasteiger partial charge on any atom is -0.383 e. The van der Waals surface area contributed by atoms with Crippen molar-refractivity contribution in [1.82, 2.24) is 30.2 Å². The summed E-state index contributed by atoms with van der Waals surface area (Å²) in [5.41, 5.74) is 3.34. The summed E-state index contributed by atoms with van der Waals surface area (Å²) >= 11 is 0. The highest BCUT2D eigenvalue weighted by atomic mass is 19.4. The van der Waals surface area contributed by atoms with Crippen molar-refractivity contribution in [2.75, 3.05) is 17.2 Å². The molecule has 5 aromatic rings. The SMILES string of the molecule is Cc1c(-c2ccnnc2)cccc1[C@H](Nc1cc(C#N)c2ncc(C#N)c(NCC(C)(C)C)c2c1)c1cn(C2(C(F)(F)F)CC2)nn1. The standard InChI is InChI=1S/C34H31F3N10/c1-20-25(21-8-11-42-43-17-21)6-5-7-26(20)31(28-18-47(46-45-28)33(9-10-33)34(35,36)37)44-24-12-22(14-38)29-27(13-24)30(23(15-39)16-40-29)41-19-32(2,3)4/h5-8,11-13,16-18,31,44H,9-10,19H2,1-4H3,(H,40,41)/t31-/m0/s1. The minimum absolute atomic E-state index is 0.0737. The molecule has 6 rings (SSSR count). The number of benzene rings is 2. The molecule has 1 aliphatic carbocycles. The van der Waals surface area contributed by atoms with Crippen molar-refractivity contribution in [2.45, 2.75) is 58.3 Å². The normalized spacial score (nSPS) is 14.7. The van der Waals surface area contributed by atoms with Crippen molar-refractivity contribution in [1.29, 1.82) is 10.5 Å². The van der Waals surface area contributed by atoms with Gasteiger partial charge in [-0.25, -0.2) is 4.68 Å². The van der Waals surface area contributed by atoms with Crippen LogP contribution >= 0.6 is 0 Å². The van der Waals surface area contributed by atoms with Crippen LogP contribution in [0.4, 0.5) is 24.5 Å². The summed E-state index contributed by atoms with van der Waals surface area (Å²) < 4.78 is 43.1. The van der Waals surface area contributed by atoms with Gasteiger partial charge in [-0.3, -0.25) is 4.98 Å². The highest BCUT2D eigenvalue weighted by molar-refractivity contribution is 5.99. The third-order valence-electron chi connectivity index (χ3n) is 8.40. The molecule has 1 atom stereocenters. The smallest absolute Gasteiger partial charge is 0.383 e. The fraction of sp³-hybridized carbons (Fsp3) is 0.324. The number of fused-ring (bicyclic) bond motifs is 1. The molecule has 3 aromatic heterocycles. The Labute approximate surface area is 269 Å². The van der Waals surface area contributed by atoms with E-state index in [-0.39, 0.29) is 29.5 Å². The fourth-order valence-corrected chi connectivity index (χ4v) is 5.69. The van der Waals surface area contributed by atoms with Crippen LogP contribution in [0.1, 0.15) is 67.6 Å². The van der Waals surface area contributed by atoms with Gasteiger partial charge < -0.3 is 10.6 Å². The largest absolute Gasteiger partial charge is 0.413 e. The Morgan fingerprint density at radius 3 is 2.43 bits per heavy atom. The Morgan fingerprint density at radius 1 is 1.02 bits per heavy atom. The van der Waals surface area contributed by atoms with Gasteiger partial charge in [0.15, 0.2) is 5.54 Å². The van der Waals surface area contributed by atoms with Crippen LogP contribution in [0, 0.1) is 35.0 Å². The van der Waals surface area contributed by atoms with Gasteiger partial charge in [0.25, 0.3) is 0 Å². The molecule has 47 heavy (non-hydrogen) atoms. The summed E-state index contributed by atoms with van der Waals surface area (Å²) in [6, 6.07) is 14.5. The highest BCUT2D eigenvalue weighted by Gasteiger charge is 2.66. The zero-order valence-electron chi connectivity index (χ0n) is 26.2.